The van der Waals surface area contributed by atoms with Crippen molar-refractivity contribution in [3.05, 3.63) is 23.8 Å². The number of carbonyl (C=O) groups excluding carboxylic acids is 1. The van der Waals surface area contributed by atoms with Crippen LogP contribution in [0.25, 0.3) is 0 Å². The van der Waals surface area contributed by atoms with Crippen LogP contribution >= 0.6 is 0 Å². The summed E-state index contributed by atoms with van der Waals surface area (Å²) >= 11 is 0. The topological polar surface area (TPSA) is 26.3 Å². The Kier molecular flexibility index (Phi) is 7.69. The van der Waals surface area contributed by atoms with Crippen LogP contribution < -0.4 is 0 Å². The van der Waals surface area contributed by atoms with Gasteiger partial charge in [-0.25, -0.2) is 4.79 Å². The van der Waals surface area contributed by atoms with Gasteiger partial charge in [0.2, 0.25) is 0 Å². The van der Waals surface area contributed by atoms with Gasteiger partial charge in [-0.2, -0.15) is 0 Å². The molecule has 0 saturated carbocycles. The van der Waals surface area contributed by atoms with Gasteiger partial charge in [0.15, 0.2) is 0 Å². The Morgan fingerprint density at radius 3 is 2.60 bits per heavy atom. The van der Waals surface area contributed by atoms with Gasteiger partial charge in [0, 0.05) is 6.08 Å². The average Bonchev–Trinajstić information content (AvgIpc) is 2.14. The molecule has 2 nitrogen and oxygen atoms in total. The first kappa shape index (κ1) is 13.9. The summed E-state index contributed by atoms with van der Waals surface area (Å²) in [4.78, 5) is 11.0. The van der Waals surface area contributed by atoms with Gasteiger partial charge >= 0.3 is 5.97 Å². The highest BCUT2D eigenvalue weighted by atomic mass is 16.5. The molecule has 0 amide bonds. The first-order valence-electron chi connectivity index (χ1n) is 5.54. The van der Waals surface area contributed by atoms with Crippen LogP contribution in [-0.2, 0) is 9.53 Å². The molecule has 0 fully saturated rings. The van der Waals surface area contributed by atoms with E-state index in [0.29, 0.717) is 12.5 Å². The summed E-state index contributed by atoms with van der Waals surface area (Å²) in [6.07, 6.45) is 7.79. The molecule has 0 radical (unpaired) electrons. The molecular weight excluding hydrogens is 188 g/mol. The van der Waals surface area contributed by atoms with Gasteiger partial charge in [-0.05, 0) is 39.5 Å². The minimum Gasteiger partial charge on any atom is -0.463 e. The van der Waals surface area contributed by atoms with Gasteiger partial charge in [-0.3, -0.25) is 0 Å². The molecule has 0 heterocycles. The minimum absolute atomic E-state index is 0.244. The van der Waals surface area contributed by atoms with Crippen molar-refractivity contribution in [2.24, 2.45) is 5.92 Å². The lowest BCUT2D eigenvalue weighted by atomic mass is 10.0. The first-order chi connectivity index (χ1) is 7.06. The lowest BCUT2D eigenvalue weighted by Gasteiger charge is -2.03. The van der Waals surface area contributed by atoms with Gasteiger partial charge in [0.05, 0.1) is 6.61 Å². The predicted octanol–water partition coefficient (Wildman–Crippen LogP) is 3.49. The number of carbonyl (C=O) groups is 1. The van der Waals surface area contributed by atoms with Crippen molar-refractivity contribution in [3.63, 3.8) is 0 Å². The van der Waals surface area contributed by atoms with Crippen molar-refractivity contribution < 1.29 is 9.53 Å². The molecule has 0 aliphatic carbocycles. The molecule has 0 rings (SSSR count). The minimum atomic E-state index is -0.244. The first-order valence-corrected chi connectivity index (χ1v) is 5.54. The van der Waals surface area contributed by atoms with Crippen LogP contribution in [0.2, 0.25) is 0 Å². The predicted molar refractivity (Wildman–Crippen MR) is 63.6 cm³/mol. The van der Waals surface area contributed by atoms with E-state index in [1.807, 2.05) is 13.0 Å². The number of ether oxygens (including phenoxy) is 1. The fourth-order valence-electron chi connectivity index (χ4n) is 1.16. The third kappa shape index (κ3) is 9.26. The summed E-state index contributed by atoms with van der Waals surface area (Å²) in [7, 11) is 0. The van der Waals surface area contributed by atoms with E-state index < -0.39 is 0 Å². The monoisotopic (exact) mass is 210 g/mol. The summed E-state index contributed by atoms with van der Waals surface area (Å²) in [5.74, 6) is 0.177. The van der Waals surface area contributed by atoms with Gasteiger partial charge < -0.3 is 4.74 Å². The molecule has 0 unspecified atom stereocenters. The van der Waals surface area contributed by atoms with Crippen LogP contribution in [-0.4, -0.2) is 12.6 Å². The quantitative estimate of drug-likeness (QED) is 0.381. The number of rotatable bonds is 6. The molecule has 0 aliphatic rings. The van der Waals surface area contributed by atoms with E-state index in [-0.39, 0.29) is 5.97 Å². The third-order valence-corrected chi connectivity index (χ3v) is 2.02. The van der Waals surface area contributed by atoms with Crippen LogP contribution in [0.15, 0.2) is 23.8 Å². The second-order valence-electron chi connectivity index (χ2n) is 3.95. The van der Waals surface area contributed by atoms with Crippen molar-refractivity contribution in [1.82, 2.24) is 0 Å². The molecule has 1 atom stereocenters. The molecule has 0 spiro atoms. The van der Waals surface area contributed by atoms with E-state index in [1.165, 1.54) is 11.6 Å². The van der Waals surface area contributed by atoms with E-state index in [1.54, 1.807) is 0 Å². The standard InChI is InChI=1S/C13H22O2/c1-5-15-13(14)10-9-12(4)8-6-7-11(2)3/h7,9-10,12H,5-6,8H2,1-4H3/b10-9+/t12-/m0/s1. The molecule has 0 aliphatic heterocycles. The Balaban J connectivity index is 3.77. The summed E-state index contributed by atoms with van der Waals surface area (Å²) in [6.45, 7) is 8.55. The van der Waals surface area contributed by atoms with Gasteiger partial charge in [0.25, 0.3) is 0 Å². The normalized spacial score (nSPS) is 12.5. The van der Waals surface area contributed by atoms with Crippen molar-refractivity contribution in [2.45, 2.75) is 40.5 Å². The molecule has 0 N–H and O–H groups in total. The Bertz CT molecular complexity index is 235. The Morgan fingerprint density at radius 1 is 1.40 bits per heavy atom. The largest absolute Gasteiger partial charge is 0.463 e. The zero-order valence-corrected chi connectivity index (χ0v) is 10.2. The maximum atomic E-state index is 11.0. The molecule has 0 aromatic heterocycles. The summed E-state index contributed by atoms with van der Waals surface area (Å²) in [5, 5.41) is 0. The number of esters is 1. The van der Waals surface area contributed by atoms with E-state index in [2.05, 4.69) is 26.8 Å². The summed E-state index contributed by atoms with van der Waals surface area (Å²) in [5.41, 5.74) is 1.34. The zero-order valence-electron chi connectivity index (χ0n) is 10.2. The number of allylic oxidation sites excluding steroid dienone is 3. The summed E-state index contributed by atoms with van der Waals surface area (Å²) < 4.78 is 4.80. The van der Waals surface area contributed by atoms with Gasteiger partial charge in [0.1, 0.15) is 0 Å². The van der Waals surface area contributed by atoms with E-state index in [9.17, 15) is 4.79 Å². The number of hydrogen-bond donors (Lipinski definition) is 0. The molecule has 0 saturated heterocycles. The van der Waals surface area contributed by atoms with Crippen molar-refractivity contribution in [2.75, 3.05) is 6.61 Å². The molecule has 2 heteroatoms. The molecular formula is C13H22O2. The second kappa shape index (κ2) is 8.27. The maximum absolute atomic E-state index is 11.0. The lowest BCUT2D eigenvalue weighted by molar-refractivity contribution is -0.137. The smallest absolute Gasteiger partial charge is 0.330 e. The van der Waals surface area contributed by atoms with Gasteiger partial charge in [-0.15, -0.1) is 0 Å². The molecule has 86 valence electrons. The maximum Gasteiger partial charge on any atom is 0.330 e. The molecule has 0 aromatic rings. The van der Waals surface area contributed by atoms with Crippen LogP contribution in [0, 0.1) is 5.92 Å². The van der Waals surface area contributed by atoms with E-state index in [4.69, 9.17) is 4.74 Å². The summed E-state index contributed by atoms with van der Waals surface area (Å²) in [6, 6.07) is 0. The highest BCUT2D eigenvalue weighted by molar-refractivity contribution is 5.81. The van der Waals surface area contributed by atoms with E-state index >= 15 is 0 Å². The fraction of sp³-hybridized carbons (Fsp3) is 0.615. The molecule has 0 aromatic carbocycles. The average molecular weight is 210 g/mol. The van der Waals surface area contributed by atoms with Crippen LogP contribution in [0.5, 0.6) is 0 Å². The second-order valence-corrected chi connectivity index (χ2v) is 3.95. The highest BCUT2D eigenvalue weighted by Crippen LogP contribution is 2.09. The van der Waals surface area contributed by atoms with Crippen molar-refractivity contribution in [3.8, 4) is 0 Å². The van der Waals surface area contributed by atoms with E-state index in [0.717, 1.165) is 12.8 Å². The zero-order chi connectivity index (χ0) is 11.7. The highest BCUT2D eigenvalue weighted by Gasteiger charge is 1.98. The third-order valence-electron chi connectivity index (χ3n) is 2.02. The lowest BCUT2D eigenvalue weighted by Crippen LogP contribution is -2.00. The van der Waals surface area contributed by atoms with Crippen LogP contribution in [0.4, 0.5) is 0 Å². The molecule has 0 bridgehead atoms. The molecule has 15 heavy (non-hydrogen) atoms. The van der Waals surface area contributed by atoms with Crippen molar-refractivity contribution in [1.29, 1.82) is 0 Å². The fourth-order valence-corrected chi connectivity index (χ4v) is 1.16. The SMILES string of the molecule is CCOC(=O)/C=C/[C@@H](C)CCC=C(C)C. The Morgan fingerprint density at radius 2 is 2.07 bits per heavy atom. The van der Waals surface area contributed by atoms with Crippen LogP contribution in [0.3, 0.4) is 0 Å². The van der Waals surface area contributed by atoms with Gasteiger partial charge in [-0.1, -0.05) is 24.6 Å². The number of hydrogen-bond acceptors (Lipinski definition) is 2. The Hall–Kier alpha value is -1.05. The Labute approximate surface area is 93.0 Å². The van der Waals surface area contributed by atoms with Crippen LogP contribution in [0.1, 0.15) is 40.5 Å². The van der Waals surface area contributed by atoms with Crippen molar-refractivity contribution >= 4 is 5.97 Å².